The monoisotopic (exact) mass is 408 g/mol. The summed E-state index contributed by atoms with van der Waals surface area (Å²) in [5.41, 5.74) is 1.85. The molecule has 0 spiro atoms. The Bertz CT molecular complexity index is 897. The summed E-state index contributed by atoms with van der Waals surface area (Å²) in [6.07, 6.45) is 3.35. The van der Waals surface area contributed by atoms with E-state index in [0.717, 1.165) is 35.7 Å². The lowest BCUT2D eigenvalue weighted by atomic mass is 9.94. The molecule has 29 heavy (non-hydrogen) atoms. The summed E-state index contributed by atoms with van der Waals surface area (Å²) >= 11 is 0.933. The number of nitrogens with zero attached hydrogens (tertiary/aromatic N) is 1. The number of carbonyl (C=O) groups is 3. The summed E-state index contributed by atoms with van der Waals surface area (Å²) < 4.78 is 0. The summed E-state index contributed by atoms with van der Waals surface area (Å²) in [7, 11) is 0. The summed E-state index contributed by atoms with van der Waals surface area (Å²) in [5, 5.41) is 2.58. The number of amides is 3. The summed E-state index contributed by atoms with van der Waals surface area (Å²) in [6.45, 7) is 2.45. The zero-order valence-corrected chi connectivity index (χ0v) is 17.2. The molecule has 5 nitrogen and oxygen atoms in total. The van der Waals surface area contributed by atoms with Crippen molar-refractivity contribution in [3.63, 3.8) is 0 Å². The van der Waals surface area contributed by atoms with Crippen LogP contribution in [0.5, 0.6) is 0 Å². The lowest BCUT2D eigenvalue weighted by molar-refractivity contribution is -0.125. The maximum absolute atomic E-state index is 12.7. The molecule has 3 amide bonds. The summed E-state index contributed by atoms with van der Waals surface area (Å²) in [4.78, 5) is 39.0. The van der Waals surface area contributed by atoms with Gasteiger partial charge in [0.2, 0.25) is 5.91 Å². The van der Waals surface area contributed by atoms with Gasteiger partial charge in [-0.15, -0.1) is 0 Å². The second kappa shape index (κ2) is 10.1. The van der Waals surface area contributed by atoms with E-state index < -0.39 is 0 Å². The van der Waals surface area contributed by atoms with Crippen molar-refractivity contribution in [1.29, 1.82) is 0 Å². The van der Waals surface area contributed by atoms with E-state index in [4.69, 9.17) is 0 Å². The van der Waals surface area contributed by atoms with E-state index >= 15 is 0 Å². The fourth-order valence-electron chi connectivity index (χ4n) is 3.23. The van der Waals surface area contributed by atoms with Crippen LogP contribution >= 0.6 is 11.8 Å². The lowest BCUT2D eigenvalue weighted by Crippen LogP contribution is -2.38. The first-order valence-corrected chi connectivity index (χ1v) is 10.5. The van der Waals surface area contributed by atoms with Gasteiger partial charge in [-0.3, -0.25) is 19.3 Å². The molecule has 1 aliphatic heterocycles. The SMILES string of the molecule is CCC[C@@H](C(=O)NCCN1C(=O)S/C(=C\c2ccccc2)C1=O)c1ccccc1. The molecule has 6 heteroatoms. The zero-order valence-electron chi connectivity index (χ0n) is 16.3. The van der Waals surface area contributed by atoms with Gasteiger partial charge in [-0.1, -0.05) is 74.0 Å². The molecule has 2 aromatic rings. The first kappa shape index (κ1) is 20.9. The van der Waals surface area contributed by atoms with Crippen molar-refractivity contribution in [2.24, 2.45) is 0 Å². The van der Waals surface area contributed by atoms with Crippen LogP contribution in [0.2, 0.25) is 0 Å². The van der Waals surface area contributed by atoms with Crippen LogP contribution in [0.1, 0.15) is 36.8 Å². The predicted molar refractivity (Wildman–Crippen MR) is 116 cm³/mol. The van der Waals surface area contributed by atoms with Crippen LogP contribution in [0.3, 0.4) is 0 Å². The molecule has 1 N–H and O–H groups in total. The molecule has 150 valence electrons. The normalized spacial score (nSPS) is 16.3. The molecule has 0 unspecified atom stereocenters. The van der Waals surface area contributed by atoms with Gasteiger partial charge in [-0.2, -0.15) is 0 Å². The number of thioether (sulfide) groups is 1. The largest absolute Gasteiger partial charge is 0.354 e. The third-order valence-corrected chi connectivity index (χ3v) is 5.61. The minimum absolute atomic E-state index is 0.0788. The van der Waals surface area contributed by atoms with E-state index in [9.17, 15) is 14.4 Å². The smallest absolute Gasteiger partial charge is 0.293 e. The van der Waals surface area contributed by atoms with Crippen molar-refractivity contribution < 1.29 is 14.4 Å². The highest BCUT2D eigenvalue weighted by Gasteiger charge is 2.34. The number of benzene rings is 2. The van der Waals surface area contributed by atoms with Crippen LogP contribution in [-0.4, -0.2) is 35.0 Å². The number of imide groups is 1. The molecule has 1 saturated heterocycles. The molecule has 0 radical (unpaired) electrons. The Morgan fingerprint density at radius 2 is 1.72 bits per heavy atom. The number of carbonyl (C=O) groups excluding carboxylic acids is 3. The second-order valence-corrected chi connectivity index (χ2v) is 7.78. The zero-order chi connectivity index (χ0) is 20.6. The van der Waals surface area contributed by atoms with E-state index in [1.54, 1.807) is 6.08 Å². The van der Waals surface area contributed by atoms with Crippen LogP contribution in [-0.2, 0) is 9.59 Å². The molecule has 1 fully saturated rings. The van der Waals surface area contributed by atoms with Crippen LogP contribution in [0.25, 0.3) is 6.08 Å². The maximum Gasteiger partial charge on any atom is 0.293 e. The molecule has 0 bridgehead atoms. The molecule has 1 aliphatic rings. The summed E-state index contributed by atoms with van der Waals surface area (Å²) in [5.74, 6) is -0.620. The highest BCUT2D eigenvalue weighted by atomic mass is 32.2. The first-order valence-electron chi connectivity index (χ1n) is 9.73. The third-order valence-electron chi connectivity index (χ3n) is 4.70. The van der Waals surface area contributed by atoms with Gasteiger partial charge in [0.05, 0.1) is 10.8 Å². The van der Waals surface area contributed by atoms with E-state index in [0.29, 0.717) is 4.91 Å². The Morgan fingerprint density at radius 1 is 1.07 bits per heavy atom. The van der Waals surface area contributed by atoms with E-state index in [1.807, 2.05) is 67.6 Å². The molecule has 0 saturated carbocycles. The number of nitrogens with one attached hydrogen (secondary N) is 1. The second-order valence-electron chi connectivity index (χ2n) is 6.79. The number of rotatable bonds is 8. The Labute approximate surface area is 175 Å². The van der Waals surface area contributed by atoms with Gasteiger partial charge < -0.3 is 5.32 Å². The van der Waals surface area contributed by atoms with E-state index in [1.165, 1.54) is 4.90 Å². The molecule has 1 heterocycles. The minimum Gasteiger partial charge on any atom is -0.354 e. The minimum atomic E-state index is -0.314. The molecule has 1 atom stereocenters. The van der Waals surface area contributed by atoms with Gasteiger partial charge in [0.1, 0.15) is 0 Å². The molecular formula is C23H24N2O3S. The maximum atomic E-state index is 12.7. The van der Waals surface area contributed by atoms with E-state index in [2.05, 4.69) is 5.32 Å². The van der Waals surface area contributed by atoms with Gasteiger partial charge in [-0.25, -0.2) is 0 Å². The van der Waals surface area contributed by atoms with Crippen molar-refractivity contribution in [2.45, 2.75) is 25.7 Å². The first-order chi connectivity index (χ1) is 14.1. The fourth-order valence-corrected chi connectivity index (χ4v) is 4.10. The van der Waals surface area contributed by atoms with Crippen molar-refractivity contribution >= 4 is 34.9 Å². The predicted octanol–water partition coefficient (Wildman–Crippen LogP) is 4.42. The van der Waals surface area contributed by atoms with Crippen LogP contribution in [0.4, 0.5) is 4.79 Å². The summed E-state index contributed by atoms with van der Waals surface area (Å²) in [6, 6.07) is 19.1. The Balaban J connectivity index is 1.58. The highest BCUT2D eigenvalue weighted by molar-refractivity contribution is 8.18. The molecule has 0 aliphatic carbocycles. The van der Waals surface area contributed by atoms with E-state index in [-0.39, 0.29) is 36.1 Å². The Hall–Kier alpha value is -2.86. The Kier molecular flexibility index (Phi) is 7.25. The van der Waals surface area contributed by atoms with Crippen molar-refractivity contribution in [1.82, 2.24) is 10.2 Å². The van der Waals surface area contributed by atoms with Gasteiger partial charge in [0.25, 0.3) is 11.1 Å². The molecule has 2 aromatic carbocycles. The highest BCUT2D eigenvalue weighted by Crippen LogP contribution is 2.31. The van der Waals surface area contributed by atoms with Crippen LogP contribution in [0, 0.1) is 0 Å². The third kappa shape index (κ3) is 5.35. The average Bonchev–Trinajstić information content (AvgIpc) is 3.00. The Morgan fingerprint density at radius 3 is 2.38 bits per heavy atom. The van der Waals surface area contributed by atoms with Gasteiger partial charge in [0, 0.05) is 13.1 Å². The van der Waals surface area contributed by atoms with Crippen molar-refractivity contribution in [2.75, 3.05) is 13.1 Å². The van der Waals surface area contributed by atoms with Crippen molar-refractivity contribution in [3.8, 4) is 0 Å². The topological polar surface area (TPSA) is 66.5 Å². The standard InChI is InChI=1S/C23H24N2O3S/c1-2-9-19(18-12-7-4-8-13-18)21(26)24-14-15-25-22(27)20(29-23(25)28)16-17-10-5-3-6-11-17/h3-8,10-13,16,19H,2,9,14-15H2,1H3,(H,24,26)/b20-16-/t19-/m1/s1. The van der Waals surface area contributed by atoms with Crippen LogP contribution in [0.15, 0.2) is 65.6 Å². The number of hydrogen-bond acceptors (Lipinski definition) is 4. The van der Waals surface area contributed by atoms with Gasteiger partial charge >= 0.3 is 0 Å². The quantitative estimate of drug-likeness (QED) is 0.657. The molecule has 0 aromatic heterocycles. The fraction of sp³-hybridized carbons (Fsp3) is 0.261. The molecular weight excluding hydrogens is 384 g/mol. The number of hydrogen-bond donors (Lipinski definition) is 1. The average molecular weight is 409 g/mol. The van der Waals surface area contributed by atoms with Crippen LogP contribution < -0.4 is 5.32 Å². The van der Waals surface area contributed by atoms with Gasteiger partial charge in [0.15, 0.2) is 0 Å². The van der Waals surface area contributed by atoms with Gasteiger partial charge in [-0.05, 0) is 35.4 Å². The molecule has 3 rings (SSSR count). The lowest BCUT2D eigenvalue weighted by Gasteiger charge is -2.18. The van der Waals surface area contributed by atoms with Crippen molar-refractivity contribution in [3.05, 3.63) is 76.7 Å².